The zero-order valence-corrected chi connectivity index (χ0v) is 36.4. The summed E-state index contributed by atoms with van der Waals surface area (Å²) < 4.78 is 22.9. The third-order valence-corrected chi connectivity index (χ3v) is 11.2. The summed E-state index contributed by atoms with van der Waals surface area (Å²) in [7, 11) is 3.19. The maximum atomic E-state index is 13.2. The molecule has 64 heavy (non-hydrogen) atoms. The van der Waals surface area contributed by atoms with Crippen LogP contribution in [0.5, 0.6) is 5.75 Å². The molecule has 338 valence electrons. The number of benzene rings is 3. The van der Waals surface area contributed by atoms with Gasteiger partial charge < -0.3 is 45.1 Å². The fraction of sp³-hybridized carbons (Fsp3) is 0.386. The van der Waals surface area contributed by atoms with Crippen LogP contribution in [0.1, 0.15) is 43.9 Å². The van der Waals surface area contributed by atoms with E-state index in [-0.39, 0.29) is 29.9 Å². The van der Waals surface area contributed by atoms with Crippen LogP contribution in [0.15, 0.2) is 66.9 Å². The topological polar surface area (TPSA) is 218 Å². The van der Waals surface area contributed by atoms with Crippen LogP contribution in [-0.2, 0) is 23.8 Å². The Bertz CT molecular complexity index is 2340. The number of piperazine rings is 1. The van der Waals surface area contributed by atoms with E-state index in [1.807, 2.05) is 24.3 Å². The maximum Gasteiger partial charge on any atom is 0.264 e. The Morgan fingerprint density at radius 2 is 1.58 bits per heavy atom. The van der Waals surface area contributed by atoms with Gasteiger partial charge in [-0.15, -0.1) is 0 Å². The molecule has 4 aromatic rings. The predicted octanol–water partition coefficient (Wildman–Crippen LogP) is 3.67. The molecule has 5 amide bonds. The first-order chi connectivity index (χ1) is 31.1. The van der Waals surface area contributed by atoms with Crippen molar-refractivity contribution in [3.8, 4) is 5.75 Å². The smallest absolute Gasteiger partial charge is 0.264 e. The Morgan fingerprint density at radius 3 is 2.33 bits per heavy atom. The van der Waals surface area contributed by atoms with Gasteiger partial charge >= 0.3 is 0 Å². The van der Waals surface area contributed by atoms with Gasteiger partial charge in [-0.1, -0.05) is 29.8 Å². The largest absolute Gasteiger partial charge is 0.494 e. The fourth-order valence-electron chi connectivity index (χ4n) is 7.55. The van der Waals surface area contributed by atoms with E-state index in [0.717, 1.165) is 43.3 Å². The lowest BCUT2D eigenvalue weighted by molar-refractivity contribution is -0.136. The number of rotatable bonds is 21. The summed E-state index contributed by atoms with van der Waals surface area (Å²) in [5.74, 6) is -1.15. The molecule has 1 aromatic heterocycles. The molecule has 1 unspecified atom stereocenters. The maximum absolute atomic E-state index is 13.2. The summed E-state index contributed by atoms with van der Waals surface area (Å²) >= 11 is 6.42. The molecule has 0 aliphatic carbocycles. The Balaban J connectivity index is 0.755. The number of fused-ring (bicyclic) bond motifs is 1. The SMILES string of the molecule is CNC(=O)c1ccccc1Nc1nc(Nc2ccc(N3CCN(CCOCCOCCOCCNc4cccc5c4C(=O)N(C4CCC(=O)NC4=O)C5=O)CC3)cc2OC)ncc1Cl. The first kappa shape index (κ1) is 45.6. The molecule has 4 heterocycles. The predicted molar refractivity (Wildman–Crippen MR) is 239 cm³/mol. The van der Waals surface area contributed by atoms with E-state index < -0.39 is 29.7 Å². The van der Waals surface area contributed by atoms with Gasteiger partial charge in [0, 0.05) is 70.2 Å². The van der Waals surface area contributed by atoms with Gasteiger partial charge in [-0.25, -0.2) is 4.98 Å². The lowest BCUT2D eigenvalue weighted by atomic mass is 10.0. The minimum atomic E-state index is -1.02. The van der Waals surface area contributed by atoms with Crippen molar-refractivity contribution in [2.45, 2.75) is 18.9 Å². The van der Waals surface area contributed by atoms with Gasteiger partial charge in [0.25, 0.3) is 17.7 Å². The highest BCUT2D eigenvalue weighted by Gasteiger charge is 2.45. The Hall–Kier alpha value is -6.38. The highest BCUT2D eigenvalue weighted by Crippen LogP contribution is 2.34. The molecule has 0 spiro atoms. The van der Waals surface area contributed by atoms with E-state index in [0.29, 0.717) is 91.4 Å². The molecule has 7 rings (SSSR count). The number of para-hydroxylation sites is 1. The van der Waals surface area contributed by atoms with Crippen molar-refractivity contribution in [2.24, 2.45) is 0 Å². The second-order valence-corrected chi connectivity index (χ2v) is 15.3. The second-order valence-electron chi connectivity index (χ2n) is 14.9. The highest BCUT2D eigenvalue weighted by atomic mass is 35.5. The van der Waals surface area contributed by atoms with Crippen molar-refractivity contribution in [1.29, 1.82) is 0 Å². The van der Waals surface area contributed by atoms with Crippen LogP contribution < -0.4 is 36.2 Å². The van der Waals surface area contributed by atoms with Crippen molar-refractivity contribution in [2.75, 3.05) is 114 Å². The molecule has 0 saturated carbocycles. The minimum Gasteiger partial charge on any atom is -0.494 e. The van der Waals surface area contributed by atoms with Crippen molar-refractivity contribution in [3.63, 3.8) is 0 Å². The minimum absolute atomic E-state index is 0.0611. The summed E-state index contributed by atoms with van der Waals surface area (Å²) in [6.45, 7) is 7.25. The first-order valence-electron chi connectivity index (χ1n) is 21.0. The van der Waals surface area contributed by atoms with Gasteiger partial charge in [0.05, 0.1) is 81.0 Å². The number of hydrogen-bond donors (Lipinski definition) is 5. The number of methoxy groups -OCH3 is 1. The monoisotopic (exact) mass is 898 g/mol. The van der Waals surface area contributed by atoms with Gasteiger partial charge in [-0.2, -0.15) is 4.98 Å². The van der Waals surface area contributed by atoms with Crippen molar-refractivity contribution < 1.29 is 42.9 Å². The average Bonchev–Trinajstić information content (AvgIpc) is 3.56. The number of ether oxygens (including phenoxy) is 4. The number of hydrogen-bond acceptors (Lipinski definition) is 16. The molecule has 3 aliphatic rings. The summed E-state index contributed by atoms with van der Waals surface area (Å²) in [5.41, 5.74) is 3.63. The molecule has 3 aliphatic heterocycles. The normalized spacial score (nSPS) is 16.4. The Morgan fingerprint density at radius 1 is 0.844 bits per heavy atom. The molecule has 5 N–H and O–H groups in total. The summed E-state index contributed by atoms with van der Waals surface area (Å²) in [6.07, 6.45) is 1.65. The van der Waals surface area contributed by atoms with E-state index >= 15 is 0 Å². The molecule has 0 bridgehead atoms. The van der Waals surface area contributed by atoms with E-state index in [2.05, 4.69) is 46.4 Å². The van der Waals surface area contributed by atoms with Crippen molar-refractivity contribution >= 4 is 75.7 Å². The number of carbonyl (C=O) groups is 5. The summed E-state index contributed by atoms with van der Waals surface area (Å²) in [4.78, 5) is 77.1. The lowest BCUT2D eigenvalue weighted by Gasteiger charge is -2.36. The summed E-state index contributed by atoms with van der Waals surface area (Å²) in [6, 6.07) is 16.9. The van der Waals surface area contributed by atoms with Crippen LogP contribution in [0.2, 0.25) is 5.02 Å². The number of halogens is 1. The number of piperidine rings is 1. The molecule has 19 nitrogen and oxygen atoms in total. The molecular formula is C44H51ClN10O9. The van der Waals surface area contributed by atoms with Crippen LogP contribution in [0.4, 0.5) is 34.5 Å². The van der Waals surface area contributed by atoms with E-state index in [1.165, 1.54) is 6.20 Å². The number of anilines is 6. The van der Waals surface area contributed by atoms with E-state index in [9.17, 15) is 24.0 Å². The fourth-order valence-corrected chi connectivity index (χ4v) is 7.69. The number of nitrogens with zero attached hydrogens (tertiary/aromatic N) is 5. The number of amides is 5. The molecule has 3 aromatic carbocycles. The second kappa shape index (κ2) is 21.8. The number of carbonyl (C=O) groups excluding carboxylic acids is 5. The van der Waals surface area contributed by atoms with Crippen molar-refractivity contribution in [1.82, 2.24) is 30.4 Å². The number of nitrogens with one attached hydrogen (secondary N) is 5. The first-order valence-corrected chi connectivity index (χ1v) is 21.4. The van der Waals surface area contributed by atoms with Crippen LogP contribution >= 0.6 is 11.6 Å². The molecular weight excluding hydrogens is 848 g/mol. The molecule has 2 fully saturated rings. The zero-order valence-electron chi connectivity index (χ0n) is 35.6. The molecule has 0 radical (unpaired) electrons. The van der Waals surface area contributed by atoms with Crippen molar-refractivity contribution in [3.05, 3.63) is 88.6 Å². The van der Waals surface area contributed by atoms with E-state index in [4.69, 9.17) is 30.5 Å². The van der Waals surface area contributed by atoms with E-state index in [1.54, 1.807) is 50.6 Å². The van der Waals surface area contributed by atoms with Gasteiger partial charge in [0.2, 0.25) is 17.8 Å². The third-order valence-electron chi connectivity index (χ3n) is 10.9. The molecule has 2 saturated heterocycles. The molecule has 1 atom stereocenters. The van der Waals surface area contributed by atoms with Gasteiger partial charge in [0.15, 0.2) is 5.82 Å². The van der Waals surface area contributed by atoms with Crippen LogP contribution in [0, 0.1) is 0 Å². The van der Waals surface area contributed by atoms with Gasteiger partial charge in [-0.3, -0.25) is 39.1 Å². The lowest BCUT2D eigenvalue weighted by Crippen LogP contribution is -2.54. The van der Waals surface area contributed by atoms with Gasteiger partial charge in [-0.05, 0) is 42.8 Å². The average molecular weight is 899 g/mol. The Labute approximate surface area is 375 Å². The summed E-state index contributed by atoms with van der Waals surface area (Å²) in [5, 5.41) is 14.7. The third kappa shape index (κ3) is 11.0. The standard InChI is InChI=1S/C44H51ClN10O9/c1-46-40(57)29-6-3-4-8-32(29)49-39-31(45)27-48-44(52-39)50-33-11-10-28(26-36(33)61-2)54-17-15-53(16-18-54)19-21-63-23-25-64-24-22-62-20-14-47-34-9-5-7-30-38(34)43(60)55(42(30)59)35-12-13-37(56)51-41(35)58/h3-11,26-27,35,47H,12-25H2,1-2H3,(H,46,57)(H,51,56,58)(H2,48,49,50,52). The highest BCUT2D eigenvalue weighted by molar-refractivity contribution is 6.33. The quantitative estimate of drug-likeness (QED) is 0.0596. The zero-order chi connectivity index (χ0) is 45.0. The number of aromatic nitrogens is 2. The molecule has 20 heteroatoms. The van der Waals surface area contributed by atoms with Gasteiger partial charge in [0.1, 0.15) is 16.8 Å². The Kier molecular flexibility index (Phi) is 15.6. The van der Waals surface area contributed by atoms with Crippen LogP contribution in [-0.4, -0.2) is 148 Å². The number of imide groups is 2. The van der Waals surface area contributed by atoms with Crippen LogP contribution in [0.3, 0.4) is 0 Å². The van der Waals surface area contributed by atoms with Crippen LogP contribution in [0.25, 0.3) is 0 Å².